The predicted molar refractivity (Wildman–Crippen MR) is 49.0 cm³/mol. The van der Waals surface area contributed by atoms with Gasteiger partial charge in [0.25, 0.3) is 0 Å². The van der Waals surface area contributed by atoms with Gasteiger partial charge in [-0.1, -0.05) is 35.5 Å². The van der Waals surface area contributed by atoms with Crippen molar-refractivity contribution in [2.75, 3.05) is 0 Å². The first-order chi connectivity index (χ1) is 6.38. The minimum atomic E-state index is -0.219. The molecular weight excluding hydrogens is 164 g/mol. The van der Waals surface area contributed by atoms with E-state index in [1.165, 1.54) is 0 Å². The molecule has 1 aromatic heterocycles. The average Bonchev–Trinajstić information content (AvgIpc) is 2.71. The first-order valence-electron chi connectivity index (χ1n) is 4.09. The smallest absolute Gasteiger partial charge is 0.157 e. The molecule has 1 heterocycles. The molecule has 0 saturated carbocycles. The van der Waals surface area contributed by atoms with Gasteiger partial charge >= 0.3 is 0 Å². The number of nitrogens with zero attached hydrogens (tertiary/aromatic N) is 1. The van der Waals surface area contributed by atoms with Crippen molar-refractivity contribution >= 4 is 0 Å². The zero-order valence-corrected chi connectivity index (χ0v) is 7.05. The highest BCUT2D eigenvalue weighted by molar-refractivity contribution is 5.24. The van der Waals surface area contributed by atoms with Crippen molar-refractivity contribution in [3.05, 3.63) is 53.9 Å². The molecule has 0 aliphatic heterocycles. The highest BCUT2D eigenvalue weighted by Gasteiger charge is 2.10. The molecule has 0 saturated heterocycles. The van der Waals surface area contributed by atoms with Crippen LogP contribution in [0.3, 0.4) is 0 Å². The van der Waals surface area contributed by atoms with E-state index in [1.54, 1.807) is 12.3 Å². The molecule has 0 aliphatic carbocycles. The predicted octanol–water partition coefficient (Wildman–Crippen LogP) is 1.72. The first kappa shape index (κ1) is 8.01. The van der Waals surface area contributed by atoms with Crippen molar-refractivity contribution in [2.24, 2.45) is 5.73 Å². The molecule has 1 atom stereocenters. The topological polar surface area (TPSA) is 52.0 Å². The van der Waals surface area contributed by atoms with Crippen LogP contribution in [0.25, 0.3) is 0 Å². The molecule has 0 amide bonds. The summed E-state index contributed by atoms with van der Waals surface area (Å²) in [5.41, 5.74) is 6.95. The molecule has 3 heteroatoms. The summed E-state index contributed by atoms with van der Waals surface area (Å²) in [6, 6.07) is 11.3. The van der Waals surface area contributed by atoms with Crippen molar-refractivity contribution in [1.82, 2.24) is 5.16 Å². The van der Waals surface area contributed by atoms with Gasteiger partial charge in [0.1, 0.15) is 0 Å². The van der Waals surface area contributed by atoms with Gasteiger partial charge in [0.15, 0.2) is 5.76 Å². The lowest BCUT2D eigenvalue weighted by Crippen LogP contribution is -2.10. The van der Waals surface area contributed by atoms with Gasteiger partial charge in [-0.05, 0) is 5.56 Å². The number of benzene rings is 1. The monoisotopic (exact) mass is 174 g/mol. The number of hydrogen-bond acceptors (Lipinski definition) is 3. The van der Waals surface area contributed by atoms with Crippen LogP contribution < -0.4 is 5.73 Å². The third kappa shape index (κ3) is 1.60. The first-order valence-corrected chi connectivity index (χ1v) is 4.09. The molecule has 2 aromatic rings. The number of nitrogens with two attached hydrogens (primary N) is 1. The summed E-state index contributed by atoms with van der Waals surface area (Å²) in [5.74, 6) is 0.686. The maximum atomic E-state index is 5.93. The Labute approximate surface area is 76.2 Å². The minimum Gasteiger partial charge on any atom is -0.359 e. The van der Waals surface area contributed by atoms with Gasteiger partial charge in [0.05, 0.1) is 12.2 Å². The molecule has 0 fully saturated rings. The molecule has 1 aromatic carbocycles. The third-order valence-electron chi connectivity index (χ3n) is 1.92. The fourth-order valence-corrected chi connectivity index (χ4v) is 1.21. The van der Waals surface area contributed by atoms with Crippen LogP contribution in [0.4, 0.5) is 0 Å². The minimum absolute atomic E-state index is 0.219. The van der Waals surface area contributed by atoms with E-state index in [4.69, 9.17) is 10.3 Å². The van der Waals surface area contributed by atoms with Crippen molar-refractivity contribution in [1.29, 1.82) is 0 Å². The second-order valence-electron chi connectivity index (χ2n) is 2.80. The van der Waals surface area contributed by atoms with Gasteiger partial charge in [-0.15, -0.1) is 0 Å². The number of hydrogen-bond donors (Lipinski definition) is 1. The fraction of sp³-hybridized carbons (Fsp3) is 0.100. The summed E-state index contributed by atoms with van der Waals surface area (Å²) in [7, 11) is 0. The van der Waals surface area contributed by atoms with Crippen LogP contribution in [0, 0.1) is 0 Å². The second kappa shape index (κ2) is 3.41. The van der Waals surface area contributed by atoms with Crippen LogP contribution in [0.1, 0.15) is 17.4 Å². The van der Waals surface area contributed by atoms with Crippen LogP contribution in [0.15, 0.2) is 47.1 Å². The van der Waals surface area contributed by atoms with Gasteiger partial charge in [-0.3, -0.25) is 0 Å². The Morgan fingerprint density at radius 3 is 2.54 bits per heavy atom. The molecule has 2 N–H and O–H groups in total. The number of aromatic nitrogens is 1. The van der Waals surface area contributed by atoms with E-state index in [9.17, 15) is 0 Å². The Kier molecular flexibility index (Phi) is 2.10. The summed E-state index contributed by atoms with van der Waals surface area (Å²) in [6.07, 6.45) is 1.60. The standard InChI is InChI=1S/C10H10N2O/c11-10(9-6-7-12-13-9)8-4-2-1-3-5-8/h1-7,10H,11H2. The molecule has 0 radical (unpaired) electrons. The van der Waals surface area contributed by atoms with E-state index in [0.717, 1.165) is 5.56 Å². The Morgan fingerprint density at radius 2 is 1.92 bits per heavy atom. The molecule has 0 spiro atoms. The summed E-state index contributed by atoms with van der Waals surface area (Å²) >= 11 is 0. The summed E-state index contributed by atoms with van der Waals surface area (Å²) < 4.78 is 4.97. The SMILES string of the molecule is NC(c1ccccc1)c1ccno1. The van der Waals surface area contributed by atoms with E-state index >= 15 is 0 Å². The van der Waals surface area contributed by atoms with Gasteiger partial charge in [-0.25, -0.2) is 0 Å². The van der Waals surface area contributed by atoms with Gasteiger partial charge in [0, 0.05) is 6.07 Å². The fourth-order valence-electron chi connectivity index (χ4n) is 1.21. The highest BCUT2D eigenvalue weighted by atomic mass is 16.5. The quantitative estimate of drug-likeness (QED) is 0.754. The Morgan fingerprint density at radius 1 is 1.15 bits per heavy atom. The van der Waals surface area contributed by atoms with Crippen LogP contribution in [0.2, 0.25) is 0 Å². The van der Waals surface area contributed by atoms with E-state index < -0.39 is 0 Å². The second-order valence-corrected chi connectivity index (χ2v) is 2.80. The van der Waals surface area contributed by atoms with Crippen molar-refractivity contribution in [3.8, 4) is 0 Å². The maximum Gasteiger partial charge on any atom is 0.157 e. The van der Waals surface area contributed by atoms with Crippen LogP contribution in [-0.2, 0) is 0 Å². The normalized spacial score (nSPS) is 12.7. The molecule has 13 heavy (non-hydrogen) atoms. The zero-order valence-electron chi connectivity index (χ0n) is 7.05. The molecule has 3 nitrogen and oxygen atoms in total. The average molecular weight is 174 g/mol. The number of rotatable bonds is 2. The van der Waals surface area contributed by atoms with Gasteiger partial charge in [0.2, 0.25) is 0 Å². The zero-order chi connectivity index (χ0) is 9.10. The molecule has 0 bridgehead atoms. The highest BCUT2D eigenvalue weighted by Crippen LogP contribution is 2.17. The molecular formula is C10H10N2O. The van der Waals surface area contributed by atoms with Crippen LogP contribution >= 0.6 is 0 Å². The van der Waals surface area contributed by atoms with Crippen molar-refractivity contribution < 1.29 is 4.52 Å². The lowest BCUT2D eigenvalue weighted by Gasteiger charge is -2.06. The Bertz CT molecular complexity index is 356. The Balaban J connectivity index is 2.29. The molecule has 0 aliphatic rings. The van der Waals surface area contributed by atoms with Crippen LogP contribution in [-0.4, -0.2) is 5.16 Å². The summed E-state index contributed by atoms with van der Waals surface area (Å²) in [6.45, 7) is 0. The lowest BCUT2D eigenvalue weighted by molar-refractivity contribution is 0.373. The molecule has 66 valence electrons. The van der Waals surface area contributed by atoms with E-state index in [2.05, 4.69) is 5.16 Å². The van der Waals surface area contributed by atoms with E-state index in [-0.39, 0.29) is 6.04 Å². The van der Waals surface area contributed by atoms with E-state index in [0.29, 0.717) is 5.76 Å². The maximum absolute atomic E-state index is 5.93. The van der Waals surface area contributed by atoms with Gasteiger partial charge in [-0.2, -0.15) is 0 Å². The molecule has 1 unspecified atom stereocenters. The third-order valence-corrected chi connectivity index (χ3v) is 1.92. The Hall–Kier alpha value is -1.61. The summed E-state index contributed by atoms with van der Waals surface area (Å²) in [5, 5.41) is 3.61. The molecule has 2 rings (SSSR count). The van der Waals surface area contributed by atoms with Crippen molar-refractivity contribution in [3.63, 3.8) is 0 Å². The lowest BCUT2D eigenvalue weighted by atomic mass is 10.1. The van der Waals surface area contributed by atoms with Gasteiger partial charge < -0.3 is 10.3 Å². The van der Waals surface area contributed by atoms with E-state index in [1.807, 2.05) is 30.3 Å². The van der Waals surface area contributed by atoms with Crippen LogP contribution in [0.5, 0.6) is 0 Å². The largest absolute Gasteiger partial charge is 0.359 e. The van der Waals surface area contributed by atoms with Crippen molar-refractivity contribution in [2.45, 2.75) is 6.04 Å². The summed E-state index contributed by atoms with van der Waals surface area (Å²) in [4.78, 5) is 0.